The van der Waals surface area contributed by atoms with Gasteiger partial charge in [0.05, 0.1) is 21.2 Å². The van der Waals surface area contributed by atoms with E-state index in [1.165, 1.54) is 18.2 Å². The number of sulfonamides is 1. The van der Waals surface area contributed by atoms with Crippen molar-refractivity contribution in [3.8, 4) is 0 Å². The van der Waals surface area contributed by atoms with Crippen LogP contribution in [0.5, 0.6) is 0 Å². The van der Waals surface area contributed by atoms with Crippen molar-refractivity contribution in [2.75, 3.05) is 4.72 Å². The molecule has 0 bridgehead atoms. The van der Waals surface area contributed by atoms with Crippen molar-refractivity contribution in [2.24, 2.45) is 0 Å². The van der Waals surface area contributed by atoms with Crippen LogP contribution in [0.2, 0.25) is 10.0 Å². The number of hydrogen-bond donors (Lipinski definition) is 2. The lowest BCUT2D eigenvalue weighted by Crippen LogP contribution is -2.16. The third-order valence-electron chi connectivity index (χ3n) is 2.58. The van der Waals surface area contributed by atoms with E-state index in [1.54, 1.807) is 18.2 Å². The van der Waals surface area contributed by atoms with Crippen LogP contribution in [0.3, 0.4) is 0 Å². The van der Waals surface area contributed by atoms with E-state index >= 15 is 0 Å². The minimum atomic E-state index is -3.95. The number of rotatable bonds is 4. The molecule has 2 rings (SSSR count). The molecule has 8 heteroatoms. The maximum absolute atomic E-state index is 12.2. The van der Waals surface area contributed by atoms with Crippen LogP contribution in [0.4, 0.5) is 5.69 Å². The van der Waals surface area contributed by atoms with Crippen LogP contribution in [0.15, 0.2) is 47.4 Å². The molecule has 110 valence electrons. The van der Waals surface area contributed by atoms with Gasteiger partial charge in [0.25, 0.3) is 10.0 Å². The Morgan fingerprint density at radius 3 is 2.29 bits per heavy atom. The van der Waals surface area contributed by atoms with Gasteiger partial charge < -0.3 is 5.11 Å². The van der Waals surface area contributed by atoms with E-state index in [-0.39, 0.29) is 26.2 Å². The molecule has 0 aliphatic heterocycles. The molecule has 21 heavy (non-hydrogen) atoms. The maximum atomic E-state index is 12.2. The van der Waals surface area contributed by atoms with Gasteiger partial charge in [0.15, 0.2) is 0 Å². The molecule has 0 aliphatic rings. The molecule has 0 aromatic heterocycles. The van der Waals surface area contributed by atoms with Crippen LogP contribution < -0.4 is 4.72 Å². The van der Waals surface area contributed by atoms with Gasteiger partial charge in [0.1, 0.15) is 0 Å². The average Bonchev–Trinajstić information content (AvgIpc) is 2.42. The van der Waals surface area contributed by atoms with Gasteiger partial charge in [0.2, 0.25) is 0 Å². The smallest absolute Gasteiger partial charge is 0.337 e. The monoisotopic (exact) mass is 345 g/mol. The van der Waals surface area contributed by atoms with E-state index in [2.05, 4.69) is 4.72 Å². The molecule has 0 unspecified atom stereocenters. The highest BCUT2D eigenvalue weighted by Gasteiger charge is 2.21. The van der Waals surface area contributed by atoms with E-state index in [4.69, 9.17) is 28.3 Å². The van der Waals surface area contributed by atoms with Crippen LogP contribution in [0.1, 0.15) is 10.4 Å². The van der Waals surface area contributed by atoms with Gasteiger partial charge in [0, 0.05) is 5.02 Å². The number of carbonyl (C=O) groups is 1. The number of carboxylic acid groups (broad SMARTS) is 1. The second kappa shape index (κ2) is 5.93. The third-order valence-corrected chi connectivity index (χ3v) is 4.46. The second-order valence-corrected chi connectivity index (χ2v) is 6.56. The first-order valence-corrected chi connectivity index (χ1v) is 7.85. The fraction of sp³-hybridized carbons (Fsp3) is 0. The lowest BCUT2D eigenvalue weighted by Gasteiger charge is -2.12. The molecule has 0 amide bonds. The average molecular weight is 346 g/mol. The molecule has 2 N–H and O–H groups in total. The van der Waals surface area contributed by atoms with Crippen LogP contribution >= 0.6 is 23.2 Å². The summed E-state index contributed by atoms with van der Waals surface area (Å²) in [5.41, 5.74) is -0.551. The van der Waals surface area contributed by atoms with E-state index in [0.29, 0.717) is 0 Å². The first kappa shape index (κ1) is 15.6. The quantitative estimate of drug-likeness (QED) is 0.888. The van der Waals surface area contributed by atoms with Crippen molar-refractivity contribution in [2.45, 2.75) is 4.90 Å². The van der Waals surface area contributed by atoms with Crippen molar-refractivity contribution >= 4 is 44.9 Å². The molecule has 0 atom stereocenters. The standard InChI is InChI=1S/C13H9Cl2NO4S/c14-8-6-10(13(17)18)12(11(15)7-8)16-21(19,20)9-4-2-1-3-5-9/h1-7,16H,(H,17,18). The van der Waals surface area contributed by atoms with Crippen LogP contribution in [-0.2, 0) is 10.0 Å². The van der Waals surface area contributed by atoms with Gasteiger partial charge in [-0.05, 0) is 24.3 Å². The number of anilines is 1. The number of halogens is 2. The van der Waals surface area contributed by atoms with E-state index < -0.39 is 16.0 Å². The Morgan fingerprint density at radius 1 is 1.10 bits per heavy atom. The van der Waals surface area contributed by atoms with Gasteiger partial charge >= 0.3 is 5.97 Å². The molecule has 0 fully saturated rings. The molecule has 0 spiro atoms. The number of benzene rings is 2. The summed E-state index contributed by atoms with van der Waals surface area (Å²) in [5.74, 6) is -1.34. The van der Waals surface area contributed by atoms with Crippen molar-refractivity contribution in [1.82, 2.24) is 0 Å². The van der Waals surface area contributed by atoms with Crippen LogP contribution in [-0.4, -0.2) is 19.5 Å². The van der Waals surface area contributed by atoms with Crippen molar-refractivity contribution in [3.05, 3.63) is 58.1 Å². The molecule has 2 aromatic rings. The SMILES string of the molecule is O=C(O)c1cc(Cl)cc(Cl)c1NS(=O)(=O)c1ccccc1. The Hall–Kier alpha value is -1.76. The molecule has 0 saturated heterocycles. The van der Waals surface area contributed by atoms with Crippen molar-refractivity contribution in [1.29, 1.82) is 0 Å². The Balaban J connectivity index is 2.52. The first-order chi connectivity index (χ1) is 9.81. The van der Waals surface area contributed by atoms with Gasteiger partial charge in [-0.15, -0.1) is 0 Å². The lowest BCUT2D eigenvalue weighted by atomic mass is 10.2. The predicted octanol–water partition coefficient (Wildman–Crippen LogP) is 3.49. The van der Waals surface area contributed by atoms with E-state index in [0.717, 1.165) is 6.07 Å². The van der Waals surface area contributed by atoms with Crippen LogP contribution in [0.25, 0.3) is 0 Å². The maximum Gasteiger partial charge on any atom is 0.337 e. The van der Waals surface area contributed by atoms with Gasteiger partial charge in [-0.3, -0.25) is 4.72 Å². The highest BCUT2D eigenvalue weighted by atomic mass is 35.5. The summed E-state index contributed by atoms with van der Waals surface area (Å²) in [7, 11) is -3.95. The Labute approximate surface area is 131 Å². The predicted molar refractivity (Wildman–Crippen MR) is 80.7 cm³/mol. The number of hydrogen-bond acceptors (Lipinski definition) is 3. The first-order valence-electron chi connectivity index (χ1n) is 5.61. The lowest BCUT2D eigenvalue weighted by molar-refractivity contribution is 0.0698. The third kappa shape index (κ3) is 3.47. The molecule has 0 saturated carbocycles. The van der Waals surface area contributed by atoms with Crippen molar-refractivity contribution in [3.63, 3.8) is 0 Å². The Morgan fingerprint density at radius 2 is 1.71 bits per heavy atom. The summed E-state index contributed by atoms with van der Waals surface area (Å²) in [6.45, 7) is 0. The van der Waals surface area contributed by atoms with E-state index in [1.807, 2.05) is 0 Å². The van der Waals surface area contributed by atoms with Gasteiger partial charge in [-0.25, -0.2) is 13.2 Å². The summed E-state index contributed by atoms with van der Waals surface area (Å²) >= 11 is 11.6. The van der Waals surface area contributed by atoms with Crippen molar-refractivity contribution < 1.29 is 18.3 Å². The Bertz CT molecular complexity index is 791. The highest BCUT2D eigenvalue weighted by molar-refractivity contribution is 7.92. The topological polar surface area (TPSA) is 83.5 Å². The zero-order chi connectivity index (χ0) is 15.6. The summed E-state index contributed by atoms with van der Waals surface area (Å²) in [6.07, 6.45) is 0. The number of nitrogens with one attached hydrogen (secondary N) is 1. The van der Waals surface area contributed by atoms with E-state index in [9.17, 15) is 13.2 Å². The number of aromatic carboxylic acids is 1. The Kier molecular flexibility index (Phi) is 4.41. The normalized spacial score (nSPS) is 11.1. The second-order valence-electron chi connectivity index (χ2n) is 4.03. The zero-order valence-electron chi connectivity index (χ0n) is 10.4. The molecule has 0 radical (unpaired) electrons. The molecule has 0 heterocycles. The highest BCUT2D eigenvalue weighted by Crippen LogP contribution is 2.32. The summed E-state index contributed by atoms with van der Waals surface area (Å²) in [4.78, 5) is 11.2. The minimum Gasteiger partial charge on any atom is -0.478 e. The summed E-state index contributed by atoms with van der Waals surface area (Å²) in [5, 5.41) is 9.13. The fourth-order valence-corrected chi connectivity index (χ4v) is 3.36. The van der Waals surface area contributed by atoms with Crippen LogP contribution in [0, 0.1) is 0 Å². The minimum absolute atomic E-state index is 0.00708. The molecule has 0 aliphatic carbocycles. The molecular weight excluding hydrogens is 337 g/mol. The summed E-state index contributed by atoms with van der Waals surface area (Å²) in [6, 6.07) is 9.92. The number of carboxylic acids is 1. The largest absolute Gasteiger partial charge is 0.478 e. The fourth-order valence-electron chi connectivity index (χ4n) is 1.64. The van der Waals surface area contributed by atoms with Gasteiger partial charge in [-0.2, -0.15) is 0 Å². The molecule has 2 aromatic carbocycles. The summed E-state index contributed by atoms with van der Waals surface area (Å²) < 4.78 is 26.6. The molecule has 5 nitrogen and oxygen atoms in total. The van der Waals surface area contributed by atoms with Gasteiger partial charge in [-0.1, -0.05) is 41.4 Å². The molecular formula is C13H9Cl2NO4S. The zero-order valence-corrected chi connectivity index (χ0v) is 12.7.